The molecule has 0 aromatic heterocycles. The van der Waals surface area contributed by atoms with Crippen molar-refractivity contribution in [2.45, 2.75) is 6.10 Å². The second-order valence-corrected chi connectivity index (χ2v) is 2.89. The van der Waals surface area contributed by atoms with Crippen LogP contribution in [0.3, 0.4) is 0 Å². The first-order valence-corrected chi connectivity index (χ1v) is 4.20. The SMILES string of the molecule is C=CC(=O)C(O)CO[P+](=O)OC. The number of aliphatic hydroxyl groups is 1. The van der Waals surface area contributed by atoms with E-state index in [0.29, 0.717) is 0 Å². The molecule has 0 aromatic rings. The molecule has 0 heterocycles. The zero-order valence-corrected chi connectivity index (χ0v) is 7.49. The molecule has 0 radical (unpaired) electrons. The van der Waals surface area contributed by atoms with Gasteiger partial charge in [-0.05, 0) is 6.08 Å². The van der Waals surface area contributed by atoms with Gasteiger partial charge in [-0.25, -0.2) is 0 Å². The lowest BCUT2D eigenvalue weighted by Gasteiger charge is -1.99. The number of hydrogen-bond donors (Lipinski definition) is 1. The number of rotatable bonds is 6. The van der Waals surface area contributed by atoms with E-state index in [0.717, 1.165) is 6.08 Å². The van der Waals surface area contributed by atoms with Crippen LogP contribution in [0.4, 0.5) is 0 Å². The van der Waals surface area contributed by atoms with Crippen molar-refractivity contribution in [3.63, 3.8) is 0 Å². The normalized spacial score (nSPS) is 13.7. The molecular formula is C6H10O5P+. The van der Waals surface area contributed by atoms with Gasteiger partial charge in [0.05, 0.1) is 7.11 Å². The molecule has 0 spiro atoms. The lowest BCUT2D eigenvalue weighted by Crippen LogP contribution is -2.22. The second kappa shape index (κ2) is 5.97. The van der Waals surface area contributed by atoms with Gasteiger partial charge in [-0.1, -0.05) is 6.58 Å². The van der Waals surface area contributed by atoms with Gasteiger partial charge in [-0.3, -0.25) is 4.79 Å². The average Bonchev–Trinajstić information content (AvgIpc) is 2.11. The minimum absolute atomic E-state index is 0.353. The largest absolute Gasteiger partial charge is 0.697 e. The summed E-state index contributed by atoms with van der Waals surface area (Å²) in [6.45, 7) is 2.81. The molecule has 0 aromatic carbocycles. The summed E-state index contributed by atoms with van der Waals surface area (Å²) in [5.74, 6) is -0.575. The Labute approximate surface area is 70.9 Å². The minimum atomic E-state index is -2.24. The van der Waals surface area contributed by atoms with E-state index >= 15 is 0 Å². The number of hydrogen-bond acceptors (Lipinski definition) is 5. The third-order valence-corrected chi connectivity index (χ3v) is 1.67. The van der Waals surface area contributed by atoms with Crippen LogP contribution in [0.25, 0.3) is 0 Å². The molecule has 0 aliphatic heterocycles. The van der Waals surface area contributed by atoms with Crippen molar-refractivity contribution in [3.05, 3.63) is 12.7 Å². The standard InChI is InChI=1S/C6H10O5P/c1-3-5(7)6(8)4-11-12(9)10-2/h3,6,8H,1,4H2,2H3/q+1. The van der Waals surface area contributed by atoms with Crippen molar-refractivity contribution in [1.29, 1.82) is 0 Å². The van der Waals surface area contributed by atoms with Gasteiger partial charge in [-0.2, -0.15) is 0 Å². The smallest absolute Gasteiger partial charge is 0.382 e. The summed E-state index contributed by atoms with van der Waals surface area (Å²) < 4.78 is 19.2. The van der Waals surface area contributed by atoms with Crippen LogP contribution in [-0.4, -0.2) is 30.7 Å². The lowest BCUT2D eigenvalue weighted by molar-refractivity contribution is -0.123. The highest BCUT2D eigenvalue weighted by Crippen LogP contribution is 2.21. The second-order valence-electron chi connectivity index (χ2n) is 1.82. The Balaban J connectivity index is 3.70. The average molecular weight is 193 g/mol. The van der Waals surface area contributed by atoms with Gasteiger partial charge in [0.15, 0.2) is 5.78 Å². The summed E-state index contributed by atoms with van der Waals surface area (Å²) in [6, 6.07) is 0. The zero-order valence-electron chi connectivity index (χ0n) is 6.60. The predicted molar refractivity (Wildman–Crippen MR) is 41.8 cm³/mol. The molecule has 5 nitrogen and oxygen atoms in total. The summed E-state index contributed by atoms with van der Waals surface area (Å²) in [5.41, 5.74) is 0. The lowest BCUT2D eigenvalue weighted by atomic mass is 10.2. The van der Waals surface area contributed by atoms with E-state index in [9.17, 15) is 9.36 Å². The van der Waals surface area contributed by atoms with E-state index in [-0.39, 0.29) is 6.61 Å². The molecule has 12 heavy (non-hydrogen) atoms. The monoisotopic (exact) mass is 193 g/mol. The predicted octanol–water partition coefficient (Wildman–Crippen LogP) is 0.423. The molecular weight excluding hydrogens is 183 g/mol. The summed E-state index contributed by atoms with van der Waals surface area (Å²) in [5, 5.41) is 8.93. The Bertz CT molecular complexity index is 190. The van der Waals surface area contributed by atoms with E-state index < -0.39 is 20.1 Å². The molecule has 0 amide bonds. The van der Waals surface area contributed by atoms with Crippen LogP contribution < -0.4 is 0 Å². The van der Waals surface area contributed by atoms with Crippen molar-refractivity contribution in [3.8, 4) is 0 Å². The van der Waals surface area contributed by atoms with E-state index in [1.165, 1.54) is 7.11 Å². The Hall–Kier alpha value is -0.610. The zero-order chi connectivity index (χ0) is 9.56. The number of aliphatic hydroxyl groups excluding tert-OH is 1. The first-order valence-electron chi connectivity index (χ1n) is 3.10. The topological polar surface area (TPSA) is 72.8 Å². The van der Waals surface area contributed by atoms with Crippen LogP contribution in [0.1, 0.15) is 0 Å². The quantitative estimate of drug-likeness (QED) is 0.489. The summed E-state index contributed by atoms with van der Waals surface area (Å²) in [6.07, 6.45) is -0.356. The molecule has 0 saturated carbocycles. The van der Waals surface area contributed by atoms with Crippen molar-refractivity contribution in [2.24, 2.45) is 0 Å². The van der Waals surface area contributed by atoms with Crippen LogP contribution in [0.2, 0.25) is 0 Å². The van der Waals surface area contributed by atoms with Crippen LogP contribution in [0, 0.1) is 0 Å². The number of ketones is 1. The summed E-state index contributed by atoms with van der Waals surface area (Å²) in [4.78, 5) is 10.6. The highest BCUT2D eigenvalue weighted by atomic mass is 31.1. The van der Waals surface area contributed by atoms with Gasteiger partial charge in [0, 0.05) is 4.57 Å². The van der Waals surface area contributed by atoms with Crippen molar-refractivity contribution in [1.82, 2.24) is 0 Å². The fourth-order valence-electron chi connectivity index (χ4n) is 0.402. The third kappa shape index (κ3) is 4.31. The van der Waals surface area contributed by atoms with Crippen molar-refractivity contribution >= 4 is 14.0 Å². The van der Waals surface area contributed by atoms with E-state index in [1.807, 2.05) is 0 Å². The molecule has 0 aliphatic carbocycles. The van der Waals surface area contributed by atoms with Crippen molar-refractivity contribution in [2.75, 3.05) is 13.7 Å². The highest BCUT2D eigenvalue weighted by Gasteiger charge is 2.22. The van der Waals surface area contributed by atoms with E-state index in [2.05, 4.69) is 15.6 Å². The molecule has 68 valence electrons. The molecule has 0 rings (SSSR count). The van der Waals surface area contributed by atoms with Crippen LogP contribution in [0.5, 0.6) is 0 Å². The van der Waals surface area contributed by atoms with Gasteiger partial charge >= 0.3 is 8.25 Å². The van der Waals surface area contributed by atoms with Crippen LogP contribution in [0.15, 0.2) is 12.7 Å². The maximum absolute atomic E-state index is 10.6. The van der Waals surface area contributed by atoms with Crippen molar-refractivity contribution < 1.29 is 23.5 Å². The first-order chi connectivity index (χ1) is 5.61. The Kier molecular flexibility index (Phi) is 5.66. The summed E-state index contributed by atoms with van der Waals surface area (Å²) in [7, 11) is -1.04. The Morgan fingerprint density at radius 3 is 2.83 bits per heavy atom. The van der Waals surface area contributed by atoms with Crippen LogP contribution >= 0.6 is 8.25 Å². The number of carbonyl (C=O) groups excluding carboxylic acids is 1. The van der Waals surface area contributed by atoms with Gasteiger partial charge in [0.2, 0.25) is 0 Å². The Morgan fingerprint density at radius 2 is 2.42 bits per heavy atom. The molecule has 0 fully saturated rings. The summed E-state index contributed by atoms with van der Waals surface area (Å²) >= 11 is 0. The molecule has 6 heteroatoms. The number of carbonyl (C=O) groups is 1. The van der Waals surface area contributed by atoms with Gasteiger partial charge in [0.25, 0.3) is 0 Å². The minimum Gasteiger partial charge on any atom is -0.382 e. The van der Waals surface area contributed by atoms with Gasteiger partial charge < -0.3 is 5.11 Å². The first kappa shape index (κ1) is 11.4. The Morgan fingerprint density at radius 1 is 1.83 bits per heavy atom. The highest BCUT2D eigenvalue weighted by molar-refractivity contribution is 7.33. The fraction of sp³-hybridized carbons (Fsp3) is 0.500. The van der Waals surface area contributed by atoms with E-state index in [4.69, 9.17) is 5.11 Å². The maximum Gasteiger partial charge on any atom is 0.697 e. The third-order valence-electron chi connectivity index (χ3n) is 1.02. The fourth-order valence-corrected chi connectivity index (χ4v) is 0.771. The maximum atomic E-state index is 10.6. The molecule has 1 N–H and O–H groups in total. The van der Waals surface area contributed by atoms with E-state index in [1.54, 1.807) is 0 Å². The van der Waals surface area contributed by atoms with Crippen LogP contribution in [-0.2, 0) is 18.4 Å². The van der Waals surface area contributed by atoms with Gasteiger partial charge in [0.1, 0.15) is 12.7 Å². The molecule has 2 atom stereocenters. The molecule has 2 unspecified atom stereocenters. The molecule has 0 aliphatic rings. The molecule has 0 bridgehead atoms. The van der Waals surface area contributed by atoms with Gasteiger partial charge in [-0.15, -0.1) is 9.05 Å². The molecule has 0 saturated heterocycles.